The van der Waals surface area contributed by atoms with Gasteiger partial charge in [0, 0.05) is 12.2 Å². The van der Waals surface area contributed by atoms with Gasteiger partial charge in [-0.2, -0.15) is 0 Å². The number of nitrogens with zero attached hydrogens (tertiary/aromatic N) is 1. The van der Waals surface area contributed by atoms with Crippen molar-refractivity contribution < 1.29 is 19.4 Å². The van der Waals surface area contributed by atoms with E-state index in [2.05, 4.69) is 4.74 Å². The second-order valence-corrected chi connectivity index (χ2v) is 2.77. The van der Waals surface area contributed by atoms with Gasteiger partial charge in [-0.1, -0.05) is 0 Å². The molecule has 0 unspecified atom stereocenters. The molecular formula is C9H18KNO4. The molecule has 0 bridgehead atoms. The fourth-order valence-electron chi connectivity index (χ4n) is 0.330. The van der Waals surface area contributed by atoms with Gasteiger partial charge in [-0.25, -0.2) is 9.59 Å². The van der Waals surface area contributed by atoms with Gasteiger partial charge in [0.05, 0.1) is 6.61 Å². The molecule has 0 saturated heterocycles. The Morgan fingerprint density at radius 2 is 1.67 bits per heavy atom. The monoisotopic (exact) mass is 243 g/mol. The van der Waals surface area contributed by atoms with Crippen LogP contribution >= 0.6 is 0 Å². The molecule has 0 rings (SSSR count). The van der Waals surface area contributed by atoms with Crippen molar-refractivity contribution in [3.05, 3.63) is 12.2 Å². The van der Waals surface area contributed by atoms with E-state index in [0.717, 1.165) is 12.2 Å². The second kappa shape index (κ2) is 14.3. The third kappa shape index (κ3) is 31.4. The molecule has 0 radical (unpaired) electrons. The summed E-state index contributed by atoms with van der Waals surface area (Å²) < 4.78 is 4.40. The molecule has 0 fully saturated rings. The van der Waals surface area contributed by atoms with Crippen LogP contribution in [-0.4, -0.2) is 101 Å². The van der Waals surface area contributed by atoms with Gasteiger partial charge < -0.3 is 14.7 Å². The van der Waals surface area contributed by atoms with Crippen molar-refractivity contribution in [3.63, 3.8) is 0 Å². The molecule has 0 aromatic rings. The zero-order valence-electron chi connectivity index (χ0n) is 8.98. The Hall–Kier alpha value is 0.276. The van der Waals surface area contributed by atoms with Crippen LogP contribution in [0.3, 0.4) is 0 Å². The van der Waals surface area contributed by atoms with Crippen molar-refractivity contribution in [2.24, 2.45) is 0 Å². The molecule has 15 heavy (non-hydrogen) atoms. The molecule has 0 heterocycles. The van der Waals surface area contributed by atoms with E-state index < -0.39 is 11.9 Å². The summed E-state index contributed by atoms with van der Waals surface area (Å²) in [4.78, 5) is 22.2. The van der Waals surface area contributed by atoms with Crippen LogP contribution in [0.2, 0.25) is 0 Å². The molecule has 0 atom stereocenters. The molecule has 84 valence electrons. The number of carboxylic acid groups (broad SMARTS) is 1. The zero-order valence-corrected chi connectivity index (χ0v) is 8.98. The van der Waals surface area contributed by atoms with Crippen LogP contribution in [0, 0.1) is 0 Å². The molecule has 6 heteroatoms. The molecule has 1 N–H and O–H groups in total. The van der Waals surface area contributed by atoms with E-state index in [4.69, 9.17) is 5.11 Å². The van der Waals surface area contributed by atoms with E-state index in [1.807, 2.05) is 26.0 Å². The number of esters is 1. The van der Waals surface area contributed by atoms with Crippen molar-refractivity contribution >= 4 is 63.3 Å². The van der Waals surface area contributed by atoms with Crippen LogP contribution in [0.1, 0.15) is 6.92 Å². The summed E-state index contributed by atoms with van der Waals surface area (Å²) in [6.07, 6.45) is 1.60. The summed E-state index contributed by atoms with van der Waals surface area (Å²) in [7, 11) is 6.00. The molecule has 0 aromatic heterocycles. The van der Waals surface area contributed by atoms with E-state index in [-0.39, 0.29) is 58.0 Å². The average Bonchev–Trinajstić information content (AvgIpc) is 2.00. The van der Waals surface area contributed by atoms with Gasteiger partial charge in [0.15, 0.2) is 0 Å². The molecule has 0 aromatic carbocycles. The maximum atomic E-state index is 10.4. The average molecular weight is 243 g/mol. The van der Waals surface area contributed by atoms with Crippen LogP contribution in [0.5, 0.6) is 0 Å². The van der Waals surface area contributed by atoms with Crippen LogP contribution < -0.4 is 0 Å². The summed E-state index contributed by atoms with van der Waals surface area (Å²) in [6, 6.07) is 0. The fourth-order valence-corrected chi connectivity index (χ4v) is 0.330. The summed E-state index contributed by atoms with van der Waals surface area (Å²) in [5, 5.41) is 8.04. The minimum absolute atomic E-state index is 0. The molecule has 0 aliphatic carbocycles. The summed E-state index contributed by atoms with van der Waals surface area (Å²) in [6.45, 7) is 1.90. The summed E-state index contributed by atoms with van der Waals surface area (Å²) >= 11 is 0. The molecular weight excluding hydrogens is 225 g/mol. The Labute approximate surface area is 133 Å². The molecule has 5 nitrogen and oxygen atoms in total. The Balaban J connectivity index is -0.000000249. The van der Waals surface area contributed by atoms with Crippen molar-refractivity contribution in [2.75, 3.05) is 27.7 Å². The topological polar surface area (TPSA) is 66.8 Å². The zero-order chi connectivity index (χ0) is 11.6. The van der Waals surface area contributed by atoms with E-state index in [1.54, 1.807) is 6.92 Å². The first kappa shape index (κ1) is 20.7. The van der Waals surface area contributed by atoms with Crippen LogP contribution in [0.15, 0.2) is 12.2 Å². The number of rotatable bonds is 3. The van der Waals surface area contributed by atoms with E-state index in [1.165, 1.54) is 0 Å². The number of ether oxygens (including phenoxy) is 1. The van der Waals surface area contributed by atoms with Gasteiger partial charge >= 0.3 is 63.3 Å². The van der Waals surface area contributed by atoms with Gasteiger partial charge in [0.2, 0.25) is 0 Å². The second-order valence-electron chi connectivity index (χ2n) is 2.77. The minimum atomic E-state index is -1.16. The maximum absolute atomic E-state index is 10.4. The normalized spacial score (nSPS) is 8.87. The predicted octanol–water partition coefficient (Wildman–Crippen LogP) is -0.280. The third-order valence-electron chi connectivity index (χ3n) is 0.649. The SMILES string of the molecule is CCOC(=O)/C=C\C(=O)O.CN(C)C.[KH]. The first-order valence-corrected chi connectivity index (χ1v) is 4.08. The number of carbonyl (C=O) groups is 2. The van der Waals surface area contributed by atoms with Crippen LogP contribution in [0.4, 0.5) is 0 Å². The van der Waals surface area contributed by atoms with Gasteiger partial charge in [0.25, 0.3) is 0 Å². The summed E-state index contributed by atoms with van der Waals surface area (Å²) in [5.41, 5.74) is 0. The van der Waals surface area contributed by atoms with Gasteiger partial charge in [-0.15, -0.1) is 0 Å². The summed E-state index contributed by atoms with van der Waals surface area (Å²) in [5.74, 6) is -1.79. The predicted molar refractivity (Wildman–Crippen MR) is 60.2 cm³/mol. The molecule has 0 amide bonds. The Morgan fingerprint density at radius 3 is 1.93 bits per heavy atom. The van der Waals surface area contributed by atoms with Gasteiger partial charge in [0.1, 0.15) is 0 Å². The third-order valence-corrected chi connectivity index (χ3v) is 0.649. The Morgan fingerprint density at radius 1 is 1.27 bits per heavy atom. The number of hydrogen-bond acceptors (Lipinski definition) is 4. The van der Waals surface area contributed by atoms with E-state index in [9.17, 15) is 9.59 Å². The number of aliphatic carboxylic acids is 1. The Kier molecular flexibility index (Phi) is 19.7. The molecule has 0 spiro atoms. The van der Waals surface area contributed by atoms with E-state index in [0.29, 0.717) is 0 Å². The van der Waals surface area contributed by atoms with Crippen molar-refractivity contribution in [1.82, 2.24) is 4.90 Å². The van der Waals surface area contributed by atoms with E-state index >= 15 is 0 Å². The van der Waals surface area contributed by atoms with Crippen molar-refractivity contribution in [2.45, 2.75) is 6.92 Å². The van der Waals surface area contributed by atoms with Crippen LogP contribution in [-0.2, 0) is 14.3 Å². The quantitative estimate of drug-likeness (QED) is 0.419. The van der Waals surface area contributed by atoms with Crippen molar-refractivity contribution in [1.29, 1.82) is 0 Å². The molecule has 0 saturated carbocycles. The molecule has 0 aliphatic rings. The first-order valence-electron chi connectivity index (χ1n) is 4.08. The molecule has 0 aliphatic heterocycles. The van der Waals surface area contributed by atoms with Crippen molar-refractivity contribution in [3.8, 4) is 0 Å². The Bertz CT molecular complexity index is 202. The first-order chi connectivity index (χ1) is 6.40. The van der Waals surface area contributed by atoms with Gasteiger partial charge in [-0.3, -0.25) is 0 Å². The number of carbonyl (C=O) groups excluding carboxylic acids is 1. The number of carboxylic acids is 1. The number of hydrogen-bond donors (Lipinski definition) is 1. The standard InChI is InChI=1S/C6H8O4.C3H9N.K.H/c1-2-10-6(9)4-3-5(7)8;1-4(2)3;;/h3-4H,2H2,1H3,(H,7,8);1-3H3;;/b4-3-;;;. The van der Waals surface area contributed by atoms with Gasteiger partial charge in [-0.05, 0) is 28.1 Å². The van der Waals surface area contributed by atoms with Crippen LogP contribution in [0.25, 0.3) is 0 Å². The fraction of sp³-hybridized carbons (Fsp3) is 0.556.